The van der Waals surface area contributed by atoms with Crippen molar-refractivity contribution in [3.63, 3.8) is 0 Å². The van der Waals surface area contributed by atoms with Gasteiger partial charge in [0.2, 0.25) is 16.9 Å². The summed E-state index contributed by atoms with van der Waals surface area (Å²) in [5.74, 6) is 0.412. The fourth-order valence-electron chi connectivity index (χ4n) is 7.13. The van der Waals surface area contributed by atoms with Crippen LogP contribution in [0.5, 0.6) is 0 Å². The summed E-state index contributed by atoms with van der Waals surface area (Å²) in [5.41, 5.74) is 4.99. The van der Waals surface area contributed by atoms with E-state index in [4.69, 9.17) is 14.5 Å². The smallest absolute Gasteiger partial charge is 0.387 e. The molecule has 0 aliphatic carbocycles. The Labute approximate surface area is 362 Å². The molecule has 2 aromatic carbocycles. The molecule has 6 rings (SSSR count). The zero-order valence-corrected chi connectivity index (χ0v) is 37.7. The SMILES string of the molecule is CN(C)c1ccc2cc3ccc(N(C)C)cc3[n+](CCCC(=O)NCCCCCCNc3ncnc4c3ncn4[C@@H]3O[C@H](COP(=O)(O)OP(=O)(O)OP(=O)(O)O)[C@@H](O)[C@H]3O)c2c1. The summed E-state index contributed by atoms with van der Waals surface area (Å²) in [6.07, 6.45) is 0.860. The third kappa shape index (κ3) is 12.5. The van der Waals surface area contributed by atoms with Gasteiger partial charge < -0.3 is 55.0 Å². The van der Waals surface area contributed by atoms with E-state index in [9.17, 15) is 38.5 Å². The maximum atomic E-state index is 12.9. The van der Waals surface area contributed by atoms with Crippen molar-refractivity contribution in [3.05, 3.63) is 55.1 Å². The predicted octanol–water partition coefficient (Wildman–Crippen LogP) is 3.08. The van der Waals surface area contributed by atoms with Crippen molar-refractivity contribution in [1.29, 1.82) is 0 Å². The normalized spacial score (nSPS) is 19.9. The van der Waals surface area contributed by atoms with Gasteiger partial charge >= 0.3 is 23.5 Å². The van der Waals surface area contributed by atoms with Gasteiger partial charge in [-0.05, 0) is 43.2 Å². The number of amides is 1. The van der Waals surface area contributed by atoms with Gasteiger partial charge in [-0.2, -0.15) is 13.2 Å². The Bertz CT molecular complexity index is 2490. The van der Waals surface area contributed by atoms with Crippen molar-refractivity contribution >= 4 is 79.5 Å². The highest BCUT2D eigenvalue weighted by Crippen LogP contribution is 2.66. The van der Waals surface area contributed by atoms with Crippen molar-refractivity contribution in [2.24, 2.45) is 0 Å². The first-order chi connectivity index (χ1) is 29.7. The minimum atomic E-state index is -5.76. The van der Waals surface area contributed by atoms with Gasteiger partial charge in [0.15, 0.2) is 23.2 Å². The minimum absolute atomic E-state index is 0.0146. The Kier molecular flexibility index (Phi) is 15.6. The fourth-order valence-corrected chi connectivity index (χ4v) is 10.2. The summed E-state index contributed by atoms with van der Waals surface area (Å²) in [7, 11) is -8.76. The van der Waals surface area contributed by atoms with Crippen LogP contribution in [0.2, 0.25) is 0 Å². The van der Waals surface area contributed by atoms with Crippen LogP contribution >= 0.6 is 23.5 Å². The molecule has 2 unspecified atom stereocenters. The quantitative estimate of drug-likeness (QED) is 0.0214. The molecule has 4 heterocycles. The average molecular weight is 941 g/mol. The van der Waals surface area contributed by atoms with Gasteiger partial charge in [-0.25, -0.2) is 28.6 Å². The Morgan fingerprint density at radius 2 is 1.44 bits per heavy atom. The van der Waals surface area contributed by atoms with E-state index < -0.39 is 54.6 Å². The third-order valence-electron chi connectivity index (χ3n) is 10.2. The highest BCUT2D eigenvalue weighted by molar-refractivity contribution is 7.66. The molecule has 63 heavy (non-hydrogen) atoms. The number of carbonyl (C=O) groups is 1. The summed E-state index contributed by atoms with van der Waals surface area (Å²) in [6, 6.07) is 15.1. The zero-order valence-electron chi connectivity index (χ0n) is 35.0. The maximum absolute atomic E-state index is 12.9. The fraction of sp³-hybridized carbons (Fsp3) is 0.486. The van der Waals surface area contributed by atoms with E-state index in [2.05, 4.69) is 95.6 Å². The first-order valence-electron chi connectivity index (χ1n) is 19.9. The van der Waals surface area contributed by atoms with Crippen LogP contribution in [0, 0.1) is 0 Å². The number of phosphoric acid groups is 3. The second kappa shape index (κ2) is 20.3. The number of aliphatic hydroxyl groups is 2. The molecule has 0 spiro atoms. The number of unbranched alkanes of at least 4 members (excludes halogenated alkanes) is 3. The minimum Gasteiger partial charge on any atom is -0.387 e. The number of anilines is 3. The Morgan fingerprint density at radius 3 is 2.06 bits per heavy atom. The molecular formula is C37H53N9O14P3+. The molecule has 1 aliphatic heterocycles. The van der Waals surface area contributed by atoms with E-state index in [1.54, 1.807) is 0 Å². The van der Waals surface area contributed by atoms with Gasteiger partial charge in [-0.15, -0.1) is 0 Å². The number of ether oxygens (including phenoxy) is 1. The number of hydrogen-bond donors (Lipinski definition) is 8. The Balaban J connectivity index is 0.931. The molecule has 0 radical (unpaired) electrons. The second-order valence-electron chi connectivity index (χ2n) is 15.3. The number of rotatable bonds is 22. The lowest BCUT2D eigenvalue weighted by Crippen LogP contribution is -2.37. The molecular weight excluding hydrogens is 887 g/mol. The number of aryl methyl sites for hydroxylation is 1. The molecule has 1 amide bonds. The van der Waals surface area contributed by atoms with Gasteiger partial charge in [0, 0.05) is 88.4 Å². The number of imidazole rings is 1. The molecule has 26 heteroatoms. The number of phosphoric ester groups is 1. The lowest BCUT2D eigenvalue weighted by atomic mass is 10.1. The van der Waals surface area contributed by atoms with Crippen LogP contribution in [0.25, 0.3) is 33.0 Å². The molecule has 0 saturated carbocycles. The highest BCUT2D eigenvalue weighted by atomic mass is 31.3. The first kappa shape index (κ1) is 48.3. The molecule has 8 N–H and O–H groups in total. The van der Waals surface area contributed by atoms with E-state index in [0.717, 1.165) is 58.9 Å². The van der Waals surface area contributed by atoms with Crippen LogP contribution < -0.4 is 25.0 Å². The number of aliphatic hydroxyl groups excluding tert-OH is 2. The lowest BCUT2D eigenvalue weighted by Gasteiger charge is -2.19. The summed E-state index contributed by atoms with van der Waals surface area (Å²) in [6.45, 7) is 0.830. The van der Waals surface area contributed by atoms with Crippen LogP contribution in [0.4, 0.5) is 17.2 Å². The Morgan fingerprint density at radius 1 is 0.810 bits per heavy atom. The van der Waals surface area contributed by atoms with Crippen LogP contribution in [-0.4, -0.2) is 121 Å². The molecule has 1 saturated heterocycles. The molecule has 0 bridgehead atoms. The van der Waals surface area contributed by atoms with Crippen molar-refractivity contribution < 1.29 is 70.7 Å². The molecule has 1 fully saturated rings. The number of aromatic nitrogens is 5. The molecule has 3 aromatic heterocycles. The van der Waals surface area contributed by atoms with Crippen LogP contribution in [0.1, 0.15) is 44.8 Å². The molecule has 1 aliphatic rings. The topological polar surface area (TPSA) is 305 Å². The van der Waals surface area contributed by atoms with E-state index in [1.165, 1.54) is 17.2 Å². The Hall–Kier alpha value is -4.18. The monoisotopic (exact) mass is 940 g/mol. The molecule has 23 nitrogen and oxygen atoms in total. The van der Waals surface area contributed by atoms with Gasteiger partial charge in [0.05, 0.1) is 12.9 Å². The van der Waals surface area contributed by atoms with Crippen LogP contribution in [0.3, 0.4) is 0 Å². The number of hydrogen-bond acceptors (Lipinski definition) is 16. The molecule has 6 atom stereocenters. The molecule has 344 valence electrons. The van der Waals surface area contributed by atoms with Crippen molar-refractivity contribution in [1.82, 2.24) is 24.8 Å². The summed E-state index contributed by atoms with van der Waals surface area (Å²) in [4.78, 5) is 66.3. The largest absolute Gasteiger partial charge is 0.490 e. The summed E-state index contributed by atoms with van der Waals surface area (Å²) in [5, 5.41) is 29.9. The third-order valence-corrected chi connectivity index (χ3v) is 14.0. The number of carbonyl (C=O) groups excluding carboxylic acids is 1. The first-order valence-corrected chi connectivity index (χ1v) is 24.5. The predicted molar refractivity (Wildman–Crippen MR) is 231 cm³/mol. The van der Waals surface area contributed by atoms with Crippen LogP contribution in [-0.2, 0) is 42.9 Å². The standard InChI is InChI=1S/C37H52N9O14P3/c1-43(2)26-13-11-24-18-25-12-14-27(44(3)4)20-29(25)45(28(24)19-26)17-9-10-31(47)38-15-7-5-6-8-16-39-35-32-36(41-22-40-35)46(23-42-32)37-34(49)33(48)30(58-37)21-57-62(53,54)60-63(55,56)59-61(50,51)52/h11-14,18-20,22-23,30,33-34,37,48-49H,5-10,15-17,21H2,1-4H3,(H5-,38,39,40,41,47,50,51,52,53,54,55,56)/p+1/t30-,33-,34-,37-/m1/s1. The van der Waals surface area contributed by atoms with Gasteiger partial charge in [0.1, 0.15) is 31.2 Å². The highest BCUT2D eigenvalue weighted by Gasteiger charge is 2.47. The van der Waals surface area contributed by atoms with Gasteiger partial charge in [-0.1, -0.05) is 12.8 Å². The van der Waals surface area contributed by atoms with Crippen molar-refractivity contribution in [2.45, 2.75) is 69.6 Å². The average Bonchev–Trinajstić information content (AvgIpc) is 3.75. The van der Waals surface area contributed by atoms with E-state index in [-0.39, 0.29) is 11.6 Å². The van der Waals surface area contributed by atoms with Gasteiger partial charge in [0.25, 0.3) is 0 Å². The van der Waals surface area contributed by atoms with Crippen molar-refractivity contribution in [3.8, 4) is 0 Å². The number of nitrogens with one attached hydrogen (secondary N) is 2. The lowest BCUT2D eigenvalue weighted by molar-refractivity contribution is -0.645. The van der Waals surface area contributed by atoms with E-state index in [0.29, 0.717) is 43.8 Å². The molecule has 5 aromatic rings. The number of nitrogens with zero attached hydrogens (tertiary/aromatic N) is 7. The van der Waals surface area contributed by atoms with E-state index in [1.807, 2.05) is 28.2 Å². The second-order valence-corrected chi connectivity index (χ2v) is 19.8. The van der Waals surface area contributed by atoms with Gasteiger partial charge in [-0.3, -0.25) is 13.9 Å². The number of benzene rings is 2. The van der Waals surface area contributed by atoms with E-state index >= 15 is 0 Å². The van der Waals surface area contributed by atoms with Crippen LogP contribution in [0.15, 0.2) is 55.1 Å². The summed E-state index contributed by atoms with van der Waals surface area (Å²) >= 11 is 0. The summed E-state index contributed by atoms with van der Waals surface area (Å²) < 4.78 is 55.8. The zero-order chi connectivity index (χ0) is 45.7. The maximum Gasteiger partial charge on any atom is 0.490 e. The number of pyridine rings is 1. The number of fused-ring (bicyclic) bond motifs is 3. The van der Waals surface area contributed by atoms with Crippen molar-refractivity contribution in [2.75, 3.05) is 63.0 Å².